The summed E-state index contributed by atoms with van der Waals surface area (Å²) in [7, 11) is 0. The van der Waals surface area contributed by atoms with Crippen molar-refractivity contribution in [1.82, 2.24) is 5.32 Å². The summed E-state index contributed by atoms with van der Waals surface area (Å²) < 4.78 is 28.0. The largest absolute Gasteiger partial charge is 0.310 e. The molecule has 0 aliphatic heterocycles. The van der Waals surface area contributed by atoms with Crippen molar-refractivity contribution in [2.75, 3.05) is 6.54 Å². The van der Waals surface area contributed by atoms with Gasteiger partial charge in [-0.15, -0.1) is 11.3 Å². The maximum atomic E-state index is 13.9. The van der Waals surface area contributed by atoms with E-state index < -0.39 is 11.6 Å². The molecule has 0 saturated carbocycles. The SMILES string of the molecule is CCCNC(Cc1ccc(Br)s1)c1ccc(F)cc1F. The second kappa shape index (κ2) is 7.29. The van der Waals surface area contributed by atoms with Crippen molar-refractivity contribution in [3.63, 3.8) is 0 Å². The van der Waals surface area contributed by atoms with Gasteiger partial charge in [0, 0.05) is 29.0 Å². The molecule has 1 atom stereocenters. The van der Waals surface area contributed by atoms with Crippen LogP contribution in [0.1, 0.15) is 29.8 Å². The van der Waals surface area contributed by atoms with Crippen molar-refractivity contribution >= 4 is 27.3 Å². The first-order valence-electron chi connectivity index (χ1n) is 6.52. The zero-order chi connectivity index (χ0) is 14.5. The van der Waals surface area contributed by atoms with Crippen LogP contribution in [0.5, 0.6) is 0 Å². The van der Waals surface area contributed by atoms with Crippen LogP contribution in [0.15, 0.2) is 34.1 Å². The molecule has 0 spiro atoms. The number of thiophene rings is 1. The Hall–Kier alpha value is -0.780. The van der Waals surface area contributed by atoms with Crippen molar-refractivity contribution in [3.8, 4) is 0 Å². The molecule has 0 saturated heterocycles. The first kappa shape index (κ1) is 15.6. The highest BCUT2D eigenvalue weighted by molar-refractivity contribution is 9.11. The number of rotatable bonds is 6. The molecule has 5 heteroatoms. The van der Waals surface area contributed by atoms with Gasteiger partial charge in [0.05, 0.1) is 3.79 Å². The highest BCUT2D eigenvalue weighted by atomic mass is 79.9. The molecule has 0 aliphatic carbocycles. The Balaban J connectivity index is 2.22. The number of benzene rings is 1. The summed E-state index contributed by atoms with van der Waals surface area (Å²) in [5.74, 6) is -1.03. The predicted molar refractivity (Wildman–Crippen MR) is 83.1 cm³/mol. The minimum atomic E-state index is -0.542. The van der Waals surface area contributed by atoms with Crippen LogP contribution in [0, 0.1) is 11.6 Å². The van der Waals surface area contributed by atoms with E-state index in [1.807, 2.05) is 12.1 Å². The van der Waals surface area contributed by atoms with Crippen LogP contribution in [0.4, 0.5) is 8.78 Å². The Morgan fingerprint density at radius 2 is 2.05 bits per heavy atom. The van der Waals surface area contributed by atoms with E-state index in [4.69, 9.17) is 0 Å². The fourth-order valence-electron chi connectivity index (χ4n) is 2.06. The Morgan fingerprint density at radius 3 is 2.65 bits per heavy atom. The number of halogens is 3. The number of nitrogens with one attached hydrogen (secondary N) is 1. The molecule has 1 aromatic heterocycles. The van der Waals surface area contributed by atoms with Gasteiger partial charge in [0.15, 0.2) is 0 Å². The van der Waals surface area contributed by atoms with Crippen molar-refractivity contribution in [2.45, 2.75) is 25.8 Å². The Morgan fingerprint density at radius 1 is 1.25 bits per heavy atom. The highest BCUT2D eigenvalue weighted by Gasteiger charge is 2.17. The van der Waals surface area contributed by atoms with Crippen molar-refractivity contribution in [1.29, 1.82) is 0 Å². The van der Waals surface area contributed by atoms with Gasteiger partial charge in [-0.25, -0.2) is 8.78 Å². The summed E-state index contributed by atoms with van der Waals surface area (Å²) in [6, 6.07) is 7.65. The molecule has 0 fully saturated rings. The average molecular weight is 360 g/mol. The number of hydrogen-bond acceptors (Lipinski definition) is 2. The average Bonchev–Trinajstić information content (AvgIpc) is 2.80. The Bertz CT molecular complexity index is 571. The van der Waals surface area contributed by atoms with Gasteiger partial charge in [-0.1, -0.05) is 13.0 Å². The maximum absolute atomic E-state index is 13.9. The third-order valence-electron chi connectivity index (χ3n) is 3.01. The van der Waals surface area contributed by atoms with E-state index in [2.05, 4.69) is 28.2 Å². The summed E-state index contributed by atoms with van der Waals surface area (Å²) in [6.07, 6.45) is 1.66. The highest BCUT2D eigenvalue weighted by Crippen LogP contribution is 2.28. The molecule has 0 radical (unpaired) electrons. The van der Waals surface area contributed by atoms with E-state index in [-0.39, 0.29) is 6.04 Å². The fraction of sp³-hybridized carbons (Fsp3) is 0.333. The molecule has 1 N–H and O–H groups in total. The molecule has 2 aromatic rings. The summed E-state index contributed by atoms with van der Waals surface area (Å²) >= 11 is 5.06. The van der Waals surface area contributed by atoms with Gasteiger partial charge in [-0.05, 0) is 47.1 Å². The molecular weight excluding hydrogens is 344 g/mol. The fourth-order valence-corrected chi connectivity index (χ4v) is 3.59. The van der Waals surface area contributed by atoms with Crippen LogP contribution >= 0.6 is 27.3 Å². The smallest absolute Gasteiger partial charge is 0.130 e. The summed E-state index contributed by atoms with van der Waals surface area (Å²) in [4.78, 5) is 1.16. The van der Waals surface area contributed by atoms with Gasteiger partial charge in [0.25, 0.3) is 0 Å². The molecule has 1 unspecified atom stereocenters. The molecule has 1 aromatic carbocycles. The van der Waals surface area contributed by atoms with Gasteiger partial charge in [-0.3, -0.25) is 0 Å². The Kier molecular flexibility index (Phi) is 5.69. The van der Waals surface area contributed by atoms with Crippen molar-refractivity contribution < 1.29 is 8.78 Å². The zero-order valence-corrected chi connectivity index (χ0v) is 13.5. The van der Waals surface area contributed by atoms with Crippen LogP contribution in [-0.2, 0) is 6.42 Å². The molecule has 1 nitrogen and oxygen atoms in total. The standard InChI is InChI=1S/C15H16BrF2NS/c1-2-7-19-14(9-11-4-6-15(16)20-11)12-5-3-10(17)8-13(12)18/h3-6,8,14,19H,2,7,9H2,1H3. The zero-order valence-electron chi connectivity index (χ0n) is 11.1. The second-order valence-corrected chi connectivity index (χ2v) is 7.13. The van der Waals surface area contributed by atoms with Gasteiger partial charge < -0.3 is 5.32 Å². The minimum absolute atomic E-state index is 0.138. The molecule has 0 amide bonds. The van der Waals surface area contributed by atoms with Crippen molar-refractivity contribution in [3.05, 3.63) is 56.2 Å². The third-order valence-corrected chi connectivity index (χ3v) is 4.66. The minimum Gasteiger partial charge on any atom is -0.310 e. The van der Waals surface area contributed by atoms with Gasteiger partial charge in [0.2, 0.25) is 0 Å². The Labute approximate surface area is 130 Å². The summed E-state index contributed by atoms with van der Waals surface area (Å²) in [6.45, 7) is 2.86. The van der Waals surface area contributed by atoms with Gasteiger partial charge in [-0.2, -0.15) is 0 Å². The van der Waals surface area contributed by atoms with E-state index in [1.54, 1.807) is 11.3 Å². The van der Waals surface area contributed by atoms with Crippen LogP contribution in [-0.4, -0.2) is 6.54 Å². The van der Waals surface area contributed by atoms with Crippen LogP contribution in [0.2, 0.25) is 0 Å². The van der Waals surface area contributed by atoms with Gasteiger partial charge >= 0.3 is 0 Å². The first-order chi connectivity index (χ1) is 9.60. The molecule has 0 aliphatic rings. The summed E-state index contributed by atoms with van der Waals surface area (Å²) in [5.41, 5.74) is 0.518. The molecule has 108 valence electrons. The molecule has 0 bridgehead atoms. The van der Waals surface area contributed by atoms with Crippen molar-refractivity contribution in [2.24, 2.45) is 0 Å². The van der Waals surface area contributed by atoms with Crippen LogP contribution in [0.25, 0.3) is 0 Å². The lowest BCUT2D eigenvalue weighted by atomic mass is 10.0. The molecule has 20 heavy (non-hydrogen) atoms. The lowest BCUT2D eigenvalue weighted by Gasteiger charge is -2.19. The van der Waals surface area contributed by atoms with E-state index in [0.717, 1.165) is 27.7 Å². The second-order valence-electron chi connectivity index (χ2n) is 4.58. The van der Waals surface area contributed by atoms with E-state index >= 15 is 0 Å². The molecule has 1 heterocycles. The van der Waals surface area contributed by atoms with Crippen LogP contribution in [0.3, 0.4) is 0 Å². The lowest BCUT2D eigenvalue weighted by Crippen LogP contribution is -2.24. The van der Waals surface area contributed by atoms with E-state index in [1.165, 1.54) is 12.1 Å². The van der Waals surface area contributed by atoms with E-state index in [9.17, 15) is 8.78 Å². The third kappa shape index (κ3) is 4.11. The van der Waals surface area contributed by atoms with Gasteiger partial charge in [0.1, 0.15) is 11.6 Å². The molecular formula is C15H16BrF2NS. The van der Waals surface area contributed by atoms with E-state index in [0.29, 0.717) is 12.0 Å². The summed E-state index contributed by atoms with van der Waals surface area (Å²) in [5, 5.41) is 3.33. The topological polar surface area (TPSA) is 12.0 Å². The first-order valence-corrected chi connectivity index (χ1v) is 8.13. The lowest BCUT2D eigenvalue weighted by molar-refractivity contribution is 0.493. The quantitative estimate of drug-likeness (QED) is 0.758. The normalized spacial score (nSPS) is 12.6. The number of hydrogen-bond donors (Lipinski definition) is 1. The predicted octanol–water partition coefficient (Wildman–Crippen LogP) is 5.07. The molecule has 2 rings (SSSR count). The monoisotopic (exact) mass is 359 g/mol. The maximum Gasteiger partial charge on any atom is 0.130 e. The van der Waals surface area contributed by atoms with Crippen LogP contribution < -0.4 is 5.32 Å².